The Morgan fingerprint density at radius 2 is 2.12 bits per heavy atom. The number of amides is 1. The number of nitrogens with two attached hydrogens (primary N) is 1. The molecule has 8 nitrogen and oxygen atoms in total. The van der Waals surface area contributed by atoms with Gasteiger partial charge in [-0.05, 0) is 24.3 Å². The van der Waals surface area contributed by atoms with E-state index in [2.05, 4.69) is 15.3 Å². The van der Waals surface area contributed by atoms with Crippen LogP contribution >= 0.6 is 11.6 Å². The summed E-state index contributed by atoms with van der Waals surface area (Å²) in [7, 11) is 0. The van der Waals surface area contributed by atoms with Crippen LogP contribution < -0.4 is 16.6 Å². The maximum atomic E-state index is 13.0. The highest BCUT2D eigenvalue weighted by atomic mass is 35.5. The molecule has 0 aliphatic carbocycles. The van der Waals surface area contributed by atoms with E-state index in [4.69, 9.17) is 22.4 Å². The van der Waals surface area contributed by atoms with Crippen molar-refractivity contribution < 1.29 is 9.90 Å². The van der Waals surface area contributed by atoms with Gasteiger partial charge >= 0.3 is 6.09 Å². The van der Waals surface area contributed by atoms with Crippen molar-refractivity contribution in [1.29, 1.82) is 0 Å². The van der Waals surface area contributed by atoms with Crippen molar-refractivity contribution in [2.75, 3.05) is 12.3 Å². The zero-order valence-corrected chi connectivity index (χ0v) is 13.7. The van der Waals surface area contributed by atoms with E-state index in [1.165, 1.54) is 10.8 Å². The molecule has 0 saturated heterocycles. The largest absolute Gasteiger partial charge is 0.465 e. The molecule has 4 N–H and O–H groups in total. The van der Waals surface area contributed by atoms with Crippen LogP contribution in [-0.4, -0.2) is 32.3 Å². The van der Waals surface area contributed by atoms with Crippen molar-refractivity contribution in [3.8, 4) is 5.69 Å². The Kier molecular flexibility index (Phi) is 4.53. The number of hydrogen-bond donors (Lipinski definition) is 3. The highest BCUT2D eigenvalue weighted by Crippen LogP contribution is 2.20. The second kappa shape index (κ2) is 6.78. The van der Waals surface area contributed by atoms with Gasteiger partial charge in [-0.2, -0.15) is 0 Å². The number of halogens is 1. The minimum absolute atomic E-state index is 0.107. The fourth-order valence-corrected chi connectivity index (χ4v) is 2.73. The van der Waals surface area contributed by atoms with Gasteiger partial charge in [-0.25, -0.2) is 14.8 Å². The van der Waals surface area contributed by atoms with Crippen LogP contribution in [0.15, 0.2) is 41.3 Å². The molecule has 1 aromatic carbocycles. The predicted octanol–water partition coefficient (Wildman–Crippen LogP) is 1.83. The van der Waals surface area contributed by atoms with Crippen LogP contribution in [0.2, 0.25) is 5.02 Å². The van der Waals surface area contributed by atoms with Crippen molar-refractivity contribution in [3.05, 3.63) is 57.7 Å². The molecule has 128 valence electrons. The molecule has 2 aromatic heterocycles. The Bertz CT molecular complexity index is 1000. The molecule has 0 spiro atoms. The van der Waals surface area contributed by atoms with Crippen molar-refractivity contribution in [2.24, 2.45) is 0 Å². The van der Waals surface area contributed by atoms with Gasteiger partial charge in [0.2, 0.25) is 0 Å². The van der Waals surface area contributed by atoms with Gasteiger partial charge in [0, 0.05) is 13.0 Å². The number of pyridine rings is 1. The van der Waals surface area contributed by atoms with Crippen LogP contribution in [0.1, 0.15) is 5.82 Å². The lowest BCUT2D eigenvalue weighted by Gasteiger charge is -2.14. The number of nitrogen functional groups attached to an aromatic ring is 1. The molecule has 0 bridgehead atoms. The molecule has 0 saturated carbocycles. The third kappa shape index (κ3) is 3.38. The standard InChI is InChI=1S/C16H14ClN5O3/c17-10-2-1-3-11-14(10)15(23)22(9-4-5-12(18)20-8-9)13(21-11)6-7-19-16(24)25/h1-5,8,19H,6-7H2,(H2,18,20)(H,24,25). The topological polar surface area (TPSA) is 123 Å². The molecule has 0 fully saturated rings. The lowest BCUT2D eigenvalue weighted by atomic mass is 10.2. The van der Waals surface area contributed by atoms with Gasteiger partial charge < -0.3 is 16.2 Å². The van der Waals surface area contributed by atoms with Gasteiger partial charge in [0.1, 0.15) is 11.6 Å². The fourth-order valence-electron chi connectivity index (χ4n) is 2.48. The number of fused-ring (bicyclic) bond motifs is 1. The Morgan fingerprint density at radius 3 is 2.80 bits per heavy atom. The Morgan fingerprint density at radius 1 is 1.32 bits per heavy atom. The normalized spacial score (nSPS) is 10.8. The first kappa shape index (κ1) is 16.7. The summed E-state index contributed by atoms with van der Waals surface area (Å²) in [5.41, 5.74) is 6.16. The first-order valence-corrected chi connectivity index (χ1v) is 7.74. The van der Waals surface area contributed by atoms with E-state index < -0.39 is 6.09 Å². The van der Waals surface area contributed by atoms with E-state index in [0.717, 1.165) is 0 Å². The number of anilines is 1. The third-order valence-electron chi connectivity index (χ3n) is 3.57. The van der Waals surface area contributed by atoms with Crippen LogP contribution in [0.25, 0.3) is 16.6 Å². The van der Waals surface area contributed by atoms with Crippen molar-refractivity contribution in [1.82, 2.24) is 19.9 Å². The van der Waals surface area contributed by atoms with E-state index >= 15 is 0 Å². The zero-order chi connectivity index (χ0) is 18.0. The molecular weight excluding hydrogens is 346 g/mol. The van der Waals surface area contributed by atoms with Crippen LogP contribution in [0.5, 0.6) is 0 Å². The molecule has 3 rings (SSSR count). The van der Waals surface area contributed by atoms with Gasteiger partial charge in [-0.3, -0.25) is 9.36 Å². The maximum Gasteiger partial charge on any atom is 0.404 e. The number of rotatable bonds is 4. The zero-order valence-electron chi connectivity index (χ0n) is 12.9. The summed E-state index contributed by atoms with van der Waals surface area (Å²) < 4.78 is 1.37. The number of benzene rings is 1. The molecule has 0 aliphatic heterocycles. The lowest BCUT2D eigenvalue weighted by molar-refractivity contribution is 0.194. The predicted molar refractivity (Wildman–Crippen MR) is 94.3 cm³/mol. The molecule has 0 atom stereocenters. The third-order valence-corrected chi connectivity index (χ3v) is 3.88. The van der Waals surface area contributed by atoms with Gasteiger partial charge in [0.05, 0.1) is 27.8 Å². The van der Waals surface area contributed by atoms with E-state index in [1.807, 2.05) is 0 Å². The highest BCUT2D eigenvalue weighted by Gasteiger charge is 2.15. The minimum Gasteiger partial charge on any atom is -0.465 e. The number of nitrogens with one attached hydrogen (secondary N) is 1. The Hall–Kier alpha value is -3.13. The van der Waals surface area contributed by atoms with Crippen molar-refractivity contribution >= 4 is 34.4 Å². The fraction of sp³-hybridized carbons (Fsp3) is 0.125. The van der Waals surface area contributed by atoms with Crippen LogP contribution in [0.4, 0.5) is 10.6 Å². The average Bonchev–Trinajstić information content (AvgIpc) is 2.56. The van der Waals surface area contributed by atoms with Gasteiger partial charge in [-0.1, -0.05) is 17.7 Å². The summed E-state index contributed by atoms with van der Waals surface area (Å²) in [5.74, 6) is 0.706. The van der Waals surface area contributed by atoms with Crippen molar-refractivity contribution in [3.63, 3.8) is 0 Å². The first-order valence-electron chi connectivity index (χ1n) is 7.36. The quantitative estimate of drug-likeness (QED) is 0.653. The number of carboxylic acid groups (broad SMARTS) is 1. The average molecular weight is 360 g/mol. The van der Waals surface area contributed by atoms with Crippen LogP contribution in [0, 0.1) is 0 Å². The van der Waals surface area contributed by atoms with Gasteiger partial charge in [0.25, 0.3) is 5.56 Å². The Labute approximate surface area is 146 Å². The summed E-state index contributed by atoms with van der Waals surface area (Å²) in [6.07, 6.45) is 0.524. The molecule has 0 aliphatic rings. The van der Waals surface area contributed by atoms with Gasteiger partial charge in [0.15, 0.2) is 0 Å². The molecule has 0 unspecified atom stereocenters. The number of hydrogen-bond acceptors (Lipinski definition) is 5. The van der Waals surface area contributed by atoms with Crippen molar-refractivity contribution in [2.45, 2.75) is 6.42 Å². The number of carbonyl (C=O) groups is 1. The summed E-state index contributed by atoms with van der Waals surface area (Å²) in [6.45, 7) is 0.107. The molecule has 9 heteroatoms. The van der Waals surface area contributed by atoms with Crippen LogP contribution in [-0.2, 0) is 6.42 Å². The number of nitrogens with zero attached hydrogens (tertiary/aromatic N) is 3. The van der Waals surface area contributed by atoms with E-state index in [9.17, 15) is 9.59 Å². The first-order chi connectivity index (χ1) is 12.0. The maximum absolute atomic E-state index is 13.0. The van der Waals surface area contributed by atoms with E-state index in [-0.39, 0.29) is 23.9 Å². The molecule has 2 heterocycles. The number of aromatic nitrogens is 3. The second-order valence-electron chi connectivity index (χ2n) is 5.23. The summed E-state index contributed by atoms with van der Waals surface area (Å²) in [4.78, 5) is 32.1. The molecular formula is C16H14ClN5O3. The second-order valence-corrected chi connectivity index (χ2v) is 5.63. The van der Waals surface area contributed by atoms with Gasteiger partial charge in [-0.15, -0.1) is 0 Å². The SMILES string of the molecule is Nc1ccc(-n2c(CCNC(=O)O)nc3cccc(Cl)c3c2=O)cn1. The molecule has 25 heavy (non-hydrogen) atoms. The van der Waals surface area contributed by atoms with Crippen LogP contribution in [0.3, 0.4) is 0 Å². The summed E-state index contributed by atoms with van der Waals surface area (Å²) in [6, 6.07) is 8.21. The molecule has 1 amide bonds. The minimum atomic E-state index is -1.15. The smallest absolute Gasteiger partial charge is 0.404 e. The van der Waals surface area contributed by atoms with E-state index in [0.29, 0.717) is 27.9 Å². The molecule has 0 radical (unpaired) electrons. The highest BCUT2D eigenvalue weighted by molar-refractivity contribution is 6.35. The summed E-state index contributed by atoms with van der Waals surface area (Å²) in [5, 5.41) is 11.6. The Balaban J connectivity index is 2.21. The van der Waals surface area contributed by atoms with E-state index in [1.54, 1.807) is 30.3 Å². The summed E-state index contributed by atoms with van der Waals surface area (Å²) >= 11 is 6.17. The lowest BCUT2D eigenvalue weighted by Crippen LogP contribution is -2.29. The monoisotopic (exact) mass is 359 g/mol. The molecule has 3 aromatic rings.